The summed E-state index contributed by atoms with van der Waals surface area (Å²) in [6.45, 7) is 0. The van der Waals surface area contributed by atoms with Gasteiger partial charge < -0.3 is 20.2 Å². The summed E-state index contributed by atoms with van der Waals surface area (Å²) in [6, 6.07) is 4.33. The Morgan fingerprint density at radius 3 is 3.00 bits per heavy atom. The quantitative estimate of drug-likeness (QED) is 0.696. The van der Waals surface area contributed by atoms with Gasteiger partial charge in [0.25, 0.3) is 5.91 Å². The first kappa shape index (κ1) is 9.89. The molecule has 0 radical (unpaired) electrons. The van der Waals surface area contributed by atoms with Crippen molar-refractivity contribution in [3.63, 3.8) is 0 Å². The highest BCUT2D eigenvalue weighted by Gasteiger charge is 2.24. The summed E-state index contributed by atoms with van der Waals surface area (Å²) >= 11 is 0. The lowest BCUT2D eigenvalue weighted by atomic mass is 10.0. The number of hydrogen-bond acceptors (Lipinski definition) is 3. The molecule has 0 fully saturated rings. The first-order valence-electron chi connectivity index (χ1n) is 5.27. The van der Waals surface area contributed by atoms with E-state index in [1.165, 1.54) is 0 Å². The van der Waals surface area contributed by atoms with Gasteiger partial charge in [0.05, 0.1) is 12.0 Å². The molecular formula is C12H9N2O3-. The van der Waals surface area contributed by atoms with Crippen LogP contribution >= 0.6 is 0 Å². The molecule has 2 heterocycles. The molecule has 17 heavy (non-hydrogen) atoms. The lowest BCUT2D eigenvalue weighted by Crippen LogP contribution is -2.48. The predicted molar refractivity (Wildman–Crippen MR) is 58.3 cm³/mol. The van der Waals surface area contributed by atoms with Crippen molar-refractivity contribution in [1.29, 1.82) is 0 Å². The largest absolute Gasteiger partial charge is 0.548 e. The van der Waals surface area contributed by atoms with E-state index in [1.807, 2.05) is 6.07 Å². The molecule has 0 saturated heterocycles. The molecule has 1 aliphatic rings. The third kappa shape index (κ3) is 1.39. The van der Waals surface area contributed by atoms with Crippen molar-refractivity contribution in [1.82, 2.24) is 10.3 Å². The zero-order valence-corrected chi connectivity index (χ0v) is 8.82. The van der Waals surface area contributed by atoms with Gasteiger partial charge in [-0.25, -0.2) is 0 Å². The number of rotatable bonds is 1. The number of carboxylic acids is 1. The highest BCUT2D eigenvalue weighted by atomic mass is 16.4. The summed E-state index contributed by atoms with van der Waals surface area (Å²) in [5, 5.41) is 14.2. The maximum atomic E-state index is 11.9. The van der Waals surface area contributed by atoms with Gasteiger partial charge in [-0.05, 0) is 17.7 Å². The normalized spacial score (nSPS) is 18.8. The Balaban J connectivity index is 2.24. The van der Waals surface area contributed by atoms with Crippen molar-refractivity contribution in [3.05, 3.63) is 35.5 Å². The van der Waals surface area contributed by atoms with E-state index in [1.54, 1.807) is 18.3 Å². The fourth-order valence-electron chi connectivity index (χ4n) is 2.25. The predicted octanol–water partition coefficient (Wildman–Crippen LogP) is -0.428. The van der Waals surface area contributed by atoms with Crippen LogP contribution in [-0.2, 0) is 11.2 Å². The Morgan fingerprint density at radius 2 is 2.24 bits per heavy atom. The first-order valence-corrected chi connectivity index (χ1v) is 5.27. The maximum absolute atomic E-state index is 11.9. The summed E-state index contributed by atoms with van der Waals surface area (Å²) in [4.78, 5) is 25.8. The Morgan fingerprint density at radius 1 is 1.41 bits per heavy atom. The Bertz CT molecular complexity index is 630. The minimum atomic E-state index is -1.26. The number of aliphatic carboxylic acids is 1. The van der Waals surface area contributed by atoms with Gasteiger partial charge in [0.1, 0.15) is 0 Å². The number of hydrogen-bond donors (Lipinski definition) is 2. The van der Waals surface area contributed by atoms with Crippen LogP contribution in [0.3, 0.4) is 0 Å². The maximum Gasteiger partial charge on any atom is 0.252 e. The van der Waals surface area contributed by atoms with Crippen molar-refractivity contribution in [2.24, 2.45) is 0 Å². The van der Waals surface area contributed by atoms with Gasteiger partial charge in [0, 0.05) is 29.1 Å². The molecule has 1 atom stereocenters. The highest BCUT2D eigenvalue weighted by molar-refractivity contribution is 6.09. The van der Waals surface area contributed by atoms with E-state index in [4.69, 9.17) is 0 Å². The van der Waals surface area contributed by atoms with Crippen LogP contribution in [-0.4, -0.2) is 22.9 Å². The summed E-state index contributed by atoms with van der Waals surface area (Å²) in [5.41, 5.74) is 2.16. The molecule has 5 heteroatoms. The molecular weight excluding hydrogens is 220 g/mol. The number of amides is 1. The van der Waals surface area contributed by atoms with E-state index >= 15 is 0 Å². The van der Waals surface area contributed by atoms with Gasteiger partial charge in [-0.15, -0.1) is 0 Å². The Hall–Kier alpha value is -2.30. The van der Waals surface area contributed by atoms with Gasteiger partial charge in [-0.2, -0.15) is 0 Å². The van der Waals surface area contributed by atoms with Crippen LogP contribution in [0.5, 0.6) is 0 Å². The topological polar surface area (TPSA) is 85.0 Å². The summed E-state index contributed by atoms with van der Waals surface area (Å²) in [6.07, 6.45) is 1.98. The number of carboxylic acid groups (broad SMARTS) is 1. The Kier molecular flexibility index (Phi) is 1.95. The monoisotopic (exact) mass is 229 g/mol. The molecule has 3 rings (SSSR count). The average Bonchev–Trinajstić information content (AvgIpc) is 2.64. The standard InChI is InChI=1S/C12H10N2O3/c15-11-7-2-1-3-8-10(7)6(5-13-8)4-9(14-11)12(16)17/h1-3,5,9,13H,4H2,(H,14,15)(H,16,17)/p-1. The van der Waals surface area contributed by atoms with Gasteiger partial charge in [-0.1, -0.05) is 6.07 Å². The van der Waals surface area contributed by atoms with Crippen molar-refractivity contribution in [3.8, 4) is 0 Å². The first-order chi connectivity index (χ1) is 8.16. The van der Waals surface area contributed by atoms with Gasteiger partial charge in [-0.3, -0.25) is 4.79 Å². The summed E-state index contributed by atoms with van der Waals surface area (Å²) < 4.78 is 0. The van der Waals surface area contributed by atoms with Crippen LogP contribution in [0.2, 0.25) is 0 Å². The lowest BCUT2D eigenvalue weighted by Gasteiger charge is -2.16. The molecule has 1 unspecified atom stereocenters. The second-order valence-electron chi connectivity index (χ2n) is 4.09. The SMILES string of the molecule is O=C1NC(C(=O)[O-])Cc2c[nH]c3cccc1c23. The van der Waals surface area contributed by atoms with Gasteiger partial charge >= 0.3 is 0 Å². The van der Waals surface area contributed by atoms with Crippen LogP contribution < -0.4 is 10.4 Å². The second kappa shape index (κ2) is 3.35. The highest BCUT2D eigenvalue weighted by Crippen LogP contribution is 2.26. The minimum absolute atomic E-state index is 0.241. The van der Waals surface area contributed by atoms with Crippen molar-refractivity contribution < 1.29 is 14.7 Å². The molecule has 0 spiro atoms. The third-order valence-corrected chi connectivity index (χ3v) is 3.05. The molecule has 0 aliphatic carbocycles. The third-order valence-electron chi connectivity index (χ3n) is 3.05. The van der Waals surface area contributed by atoms with Crippen molar-refractivity contribution in [2.45, 2.75) is 12.5 Å². The molecule has 2 aromatic rings. The second-order valence-corrected chi connectivity index (χ2v) is 4.09. The van der Waals surface area contributed by atoms with Crippen LogP contribution in [0, 0.1) is 0 Å². The average molecular weight is 229 g/mol. The van der Waals surface area contributed by atoms with Crippen LogP contribution in [0.4, 0.5) is 0 Å². The van der Waals surface area contributed by atoms with Crippen LogP contribution in [0.1, 0.15) is 15.9 Å². The van der Waals surface area contributed by atoms with E-state index < -0.39 is 12.0 Å². The molecule has 1 amide bonds. The van der Waals surface area contributed by atoms with E-state index in [0.717, 1.165) is 16.5 Å². The minimum Gasteiger partial charge on any atom is -0.548 e. The van der Waals surface area contributed by atoms with E-state index in [0.29, 0.717) is 5.56 Å². The van der Waals surface area contributed by atoms with Crippen molar-refractivity contribution >= 4 is 22.8 Å². The molecule has 5 nitrogen and oxygen atoms in total. The molecule has 1 aromatic carbocycles. The fourth-order valence-corrected chi connectivity index (χ4v) is 2.25. The molecule has 86 valence electrons. The molecule has 1 aromatic heterocycles. The molecule has 0 saturated carbocycles. The van der Waals surface area contributed by atoms with Crippen molar-refractivity contribution in [2.75, 3.05) is 0 Å². The van der Waals surface area contributed by atoms with Crippen LogP contribution in [0.25, 0.3) is 10.9 Å². The number of aromatic nitrogens is 1. The number of benzene rings is 1. The Labute approximate surface area is 96.4 Å². The smallest absolute Gasteiger partial charge is 0.252 e. The lowest BCUT2D eigenvalue weighted by molar-refractivity contribution is -0.308. The van der Waals surface area contributed by atoms with Gasteiger partial charge in [0.2, 0.25) is 0 Å². The fraction of sp³-hybridized carbons (Fsp3) is 0.167. The number of carbonyl (C=O) groups excluding carboxylic acids is 2. The number of nitrogens with one attached hydrogen (secondary N) is 2. The van der Waals surface area contributed by atoms with Crippen LogP contribution in [0.15, 0.2) is 24.4 Å². The van der Waals surface area contributed by atoms with Gasteiger partial charge in [0.15, 0.2) is 0 Å². The zero-order valence-electron chi connectivity index (χ0n) is 8.82. The summed E-state index contributed by atoms with van der Waals surface area (Å²) in [7, 11) is 0. The number of H-pyrrole nitrogens is 1. The number of aromatic amines is 1. The van der Waals surface area contributed by atoms with E-state index in [2.05, 4.69) is 10.3 Å². The molecule has 2 N–H and O–H groups in total. The molecule has 0 bridgehead atoms. The summed E-state index contributed by atoms with van der Waals surface area (Å²) in [5.74, 6) is -1.64. The molecule has 1 aliphatic heterocycles. The van der Waals surface area contributed by atoms with E-state index in [9.17, 15) is 14.7 Å². The zero-order chi connectivity index (χ0) is 12.0. The number of carbonyl (C=O) groups is 2. The van der Waals surface area contributed by atoms with E-state index in [-0.39, 0.29) is 12.3 Å².